The van der Waals surface area contributed by atoms with Crippen molar-refractivity contribution in [3.05, 3.63) is 29.3 Å². The maximum absolute atomic E-state index is 11.7. The smallest absolute Gasteiger partial charge is 0.307 e. The van der Waals surface area contributed by atoms with Crippen molar-refractivity contribution < 1.29 is 9.90 Å². The van der Waals surface area contributed by atoms with Gasteiger partial charge in [0.15, 0.2) is 0 Å². The van der Waals surface area contributed by atoms with E-state index in [1.54, 1.807) is 0 Å². The molecule has 1 aromatic rings. The van der Waals surface area contributed by atoms with E-state index in [2.05, 4.69) is 42.7 Å². The van der Waals surface area contributed by atoms with Gasteiger partial charge in [0.1, 0.15) is 0 Å². The first-order chi connectivity index (χ1) is 10.5. The summed E-state index contributed by atoms with van der Waals surface area (Å²) in [6.45, 7) is 6.16. The predicted octanol–water partition coefficient (Wildman–Crippen LogP) is 2.78. The topological polar surface area (TPSA) is 61.4 Å². The third-order valence-electron chi connectivity index (χ3n) is 4.43. The SMILES string of the molecule is CNc1cc(CC(C)C)cc(C[C@H](C(=O)O)[C@H]2CCNC2)c1. The van der Waals surface area contributed by atoms with Crippen molar-refractivity contribution in [1.29, 1.82) is 0 Å². The molecular weight excluding hydrogens is 276 g/mol. The molecule has 22 heavy (non-hydrogen) atoms. The highest BCUT2D eigenvalue weighted by atomic mass is 16.4. The van der Waals surface area contributed by atoms with Crippen molar-refractivity contribution in [3.63, 3.8) is 0 Å². The number of hydrogen-bond donors (Lipinski definition) is 3. The molecule has 1 fully saturated rings. The molecule has 0 unspecified atom stereocenters. The summed E-state index contributed by atoms with van der Waals surface area (Å²) < 4.78 is 0. The Labute approximate surface area is 133 Å². The van der Waals surface area contributed by atoms with Crippen molar-refractivity contribution in [2.45, 2.75) is 33.1 Å². The predicted molar refractivity (Wildman–Crippen MR) is 90.3 cm³/mol. The number of nitrogens with one attached hydrogen (secondary N) is 2. The Hall–Kier alpha value is -1.55. The van der Waals surface area contributed by atoms with E-state index in [-0.39, 0.29) is 11.8 Å². The average molecular weight is 304 g/mol. The standard InChI is InChI=1S/C18H28N2O2/c1-12(2)6-13-7-14(9-16(8-13)19-3)10-17(18(21)22)15-4-5-20-11-15/h7-9,12,15,17,19-20H,4-6,10-11H2,1-3H3,(H,21,22)/t15-,17-/m0/s1. The van der Waals surface area contributed by atoms with E-state index in [9.17, 15) is 9.90 Å². The van der Waals surface area contributed by atoms with Gasteiger partial charge in [-0.3, -0.25) is 4.79 Å². The minimum atomic E-state index is -0.672. The van der Waals surface area contributed by atoms with Crippen LogP contribution < -0.4 is 10.6 Å². The molecule has 1 heterocycles. The third kappa shape index (κ3) is 4.47. The number of carbonyl (C=O) groups is 1. The molecule has 1 aromatic carbocycles. The van der Waals surface area contributed by atoms with Gasteiger partial charge < -0.3 is 15.7 Å². The van der Waals surface area contributed by atoms with E-state index in [4.69, 9.17) is 0 Å². The number of aliphatic carboxylic acids is 1. The maximum Gasteiger partial charge on any atom is 0.307 e. The lowest BCUT2D eigenvalue weighted by atomic mass is 9.85. The molecule has 122 valence electrons. The lowest BCUT2D eigenvalue weighted by molar-refractivity contribution is -0.143. The third-order valence-corrected chi connectivity index (χ3v) is 4.43. The molecule has 0 amide bonds. The van der Waals surface area contributed by atoms with Crippen molar-refractivity contribution in [1.82, 2.24) is 5.32 Å². The average Bonchev–Trinajstić information content (AvgIpc) is 2.97. The Morgan fingerprint density at radius 1 is 1.32 bits per heavy atom. The molecule has 3 N–H and O–H groups in total. The second kappa shape index (κ2) is 7.63. The van der Waals surface area contributed by atoms with Crippen LogP contribution in [-0.4, -0.2) is 31.2 Å². The highest BCUT2D eigenvalue weighted by Crippen LogP contribution is 2.26. The van der Waals surface area contributed by atoms with Crippen LogP contribution in [0, 0.1) is 17.8 Å². The maximum atomic E-state index is 11.7. The van der Waals surface area contributed by atoms with E-state index in [0.29, 0.717) is 12.3 Å². The van der Waals surface area contributed by atoms with Crippen LogP contribution in [-0.2, 0) is 17.6 Å². The van der Waals surface area contributed by atoms with Crippen LogP contribution >= 0.6 is 0 Å². The van der Waals surface area contributed by atoms with Gasteiger partial charge in [-0.2, -0.15) is 0 Å². The summed E-state index contributed by atoms with van der Waals surface area (Å²) in [5, 5.41) is 16.1. The van der Waals surface area contributed by atoms with Gasteiger partial charge in [-0.25, -0.2) is 0 Å². The highest BCUT2D eigenvalue weighted by molar-refractivity contribution is 5.71. The number of rotatable bonds is 7. The fraction of sp³-hybridized carbons (Fsp3) is 0.611. The number of anilines is 1. The number of carboxylic acid groups (broad SMARTS) is 1. The van der Waals surface area contributed by atoms with Crippen LogP contribution in [0.2, 0.25) is 0 Å². The van der Waals surface area contributed by atoms with Gasteiger partial charge in [0.2, 0.25) is 0 Å². The molecular formula is C18H28N2O2. The second-order valence-electron chi connectivity index (χ2n) is 6.79. The number of benzene rings is 1. The van der Waals surface area contributed by atoms with E-state index < -0.39 is 5.97 Å². The van der Waals surface area contributed by atoms with E-state index >= 15 is 0 Å². The molecule has 1 aliphatic rings. The second-order valence-corrected chi connectivity index (χ2v) is 6.79. The first kappa shape index (κ1) is 16.8. The van der Waals surface area contributed by atoms with Gasteiger partial charge >= 0.3 is 5.97 Å². The minimum absolute atomic E-state index is 0.240. The molecule has 0 aliphatic carbocycles. The molecule has 2 atom stereocenters. The monoisotopic (exact) mass is 304 g/mol. The number of carboxylic acids is 1. The van der Waals surface area contributed by atoms with Gasteiger partial charge in [-0.15, -0.1) is 0 Å². The van der Waals surface area contributed by atoms with Crippen LogP contribution in [0.4, 0.5) is 5.69 Å². The summed E-state index contributed by atoms with van der Waals surface area (Å²) >= 11 is 0. The molecule has 0 saturated carbocycles. The lowest BCUT2D eigenvalue weighted by Crippen LogP contribution is -2.27. The van der Waals surface area contributed by atoms with Gasteiger partial charge in [0, 0.05) is 12.7 Å². The summed E-state index contributed by atoms with van der Waals surface area (Å²) in [5.74, 6) is -0.137. The van der Waals surface area contributed by atoms with E-state index in [1.165, 1.54) is 5.56 Å². The van der Waals surface area contributed by atoms with Crippen molar-refractivity contribution in [3.8, 4) is 0 Å². The fourth-order valence-electron chi connectivity index (χ4n) is 3.34. The Kier molecular flexibility index (Phi) is 5.83. The normalized spacial score (nSPS) is 19.4. The molecule has 1 saturated heterocycles. The summed E-state index contributed by atoms with van der Waals surface area (Å²) in [7, 11) is 1.91. The summed E-state index contributed by atoms with van der Waals surface area (Å²) in [4.78, 5) is 11.7. The first-order valence-electron chi connectivity index (χ1n) is 8.23. The summed E-state index contributed by atoms with van der Waals surface area (Å²) in [5.41, 5.74) is 3.48. The zero-order valence-electron chi connectivity index (χ0n) is 13.9. The fourth-order valence-corrected chi connectivity index (χ4v) is 3.34. The molecule has 0 radical (unpaired) electrons. The molecule has 1 aliphatic heterocycles. The Morgan fingerprint density at radius 3 is 2.50 bits per heavy atom. The highest BCUT2D eigenvalue weighted by Gasteiger charge is 2.30. The Morgan fingerprint density at radius 2 is 2.00 bits per heavy atom. The van der Waals surface area contributed by atoms with Crippen LogP contribution in [0.15, 0.2) is 18.2 Å². The molecule has 4 nitrogen and oxygen atoms in total. The zero-order valence-corrected chi connectivity index (χ0v) is 13.9. The van der Waals surface area contributed by atoms with Crippen LogP contribution in [0.1, 0.15) is 31.4 Å². The van der Waals surface area contributed by atoms with Gasteiger partial charge in [0.25, 0.3) is 0 Å². The molecule has 0 aromatic heterocycles. The molecule has 4 heteroatoms. The Bertz CT molecular complexity index is 508. The van der Waals surface area contributed by atoms with E-state index in [1.807, 2.05) is 7.05 Å². The minimum Gasteiger partial charge on any atom is -0.481 e. The van der Waals surface area contributed by atoms with Crippen molar-refractivity contribution >= 4 is 11.7 Å². The first-order valence-corrected chi connectivity index (χ1v) is 8.23. The largest absolute Gasteiger partial charge is 0.481 e. The summed E-state index contributed by atoms with van der Waals surface area (Å²) in [6.07, 6.45) is 2.59. The van der Waals surface area contributed by atoms with Crippen LogP contribution in [0.3, 0.4) is 0 Å². The Balaban J connectivity index is 2.19. The quantitative estimate of drug-likeness (QED) is 0.725. The van der Waals surface area contributed by atoms with E-state index in [0.717, 1.165) is 37.2 Å². The van der Waals surface area contributed by atoms with Gasteiger partial charge in [-0.1, -0.05) is 19.9 Å². The molecule has 0 bridgehead atoms. The number of hydrogen-bond acceptors (Lipinski definition) is 3. The lowest BCUT2D eigenvalue weighted by Gasteiger charge is -2.20. The summed E-state index contributed by atoms with van der Waals surface area (Å²) in [6, 6.07) is 6.43. The molecule has 0 spiro atoms. The van der Waals surface area contributed by atoms with Crippen LogP contribution in [0.5, 0.6) is 0 Å². The van der Waals surface area contributed by atoms with Gasteiger partial charge in [-0.05, 0) is 67.4 Å². The van der Waals surface area contributed by atoms with Crippen molar-refractivity contribution in [2.75, 3.05) is 25.5 Å². The van der Waals surface area contributed by atoms with Crippen LogP contribution in [0.25, 0.3) is 0 Å². The van der Waals surface area contributed by atoms with Crippen molar-refractivity contribution in [2.24, 2.45) is 17.8 Å². The molecule has 2 rings (SSSR count). The van der Waals surface area contributed by atoms with Gasteiger partial charge in [0.05, 0.1) is 5.92 Å². The zero-order chi connectivity index (χ0) is 16.1.